The fourth-order valence-electron chi connectivity index (χ4n) is 2.47. The maximum Gasteiger partial charge on any atom is 0.292 e. The molecule has 1 fully saturated rings. The van der Waals surface area contributed by atoms with Gasteiger partial charge in [-0.15, -0.1) is 0 Å². The summed E-state index contributed by atoms with van der Waals surface area (Å²) >= 11 is 0. The maximum atomic E-state index is 11.1. The molecule has 110 valence electrons. The molecule has 1 aromatic rings. The Bertz CT molecular complexity index is 469. The third-order valence-corrected chi connectivity index (χ3v) is 3.72. The van der Waals surface area contributed by atoms with Crippen molar-refractivity contribution in [2.75, 3.05) is 29.9 Å². The molecule has 0 aliphatic carbocycles. The number of aliphatic hydroxyl groups excluding tert-OH is 1. The molecule has 1 heterocycles. The molecule has 0 saturated carbocycles. The summed E-state index contributed by atoms with van der Waals surface area (Å²) < 4.78 is 0. The average Bonchev–Trinajstić information content (AvgIpc) is 2.98. The molecule has 0 bridgehead atoms. The van der Waals surface area contributed by atoms with Gasteiger partial charge in [0, 0.05) is 30.9 Å². The lowest BCUT2D eigenvalue weighted by Crippen LogP contribution is -2.24. The Balaban J connectivity index is 2.28. The van der Waals surface area contributed by atoms with Gasteiger partial charge in [0.2, 0.25) is 0 Å². The van der Waals surface area contributed by atoms with Gasteiger partial charge in [-0.3, -0.25) is 10.1 Å². The van der Waals surface area contributed by atoms with Gasteiger partial charge in [-0.25, -0.2) is 0 Å². The Morgan fingerprint density at radius 3 is 2.70 bits per heavy atom. The highest BCUT2D eigenvalue weighted by molar-refractivity contribution is 5.69. The number of aliphatic hydroxyl groups is 1. The van der Waals surface area contributed by atoms with Crippen LogP contribution in [0.1, 0.15) is 26.2 Å². The summed E-state index contributed by atoms with van der Waals surface area (Å²) in [5, 5.41) is 23.4. The lowest BCUT2D eigenvalue weighted by molar-refractivity contribution is -0.384. The van der Waals surface area contributed by atoms with Crippen molar-refractivity contribution in [1.82, 2.24) is 0 Å². The second kappa shape index (κ2) is 6.56. The SMILES string of the molecule is CC[C@H](CO)Nc1cc(N2CCCC2)ccc1[N+](=O)[O-]. The number of nitro groups is 1. The molecule has 1 aromatic carbocycles. The van der Waals surface area contributed by atoms with E-state index in [0.29, 0.717) is 12.1 Å². The van der Waals surface area contributed by atoms with Gasteiger partial charge in [0.1, 0.15) is 5.69 Å². The zero-order valence-electron chi connectivity index (χ0n) is 11.7. The summed E-state index contributed by atoms with van der Waals surface area (Å²) in [6, 6.07) is 5.00. The van der Waals surface area contributed by atoms with Crippen molar-refractivity contribution in [2.45, 2.75) is 32.2 Å². The third-order valence-electron chi connectivity index (χ3n) is 3.72. The molecule has 1 atom stereocenters. The third kappa shape index (κ3) is 3.19. The minimum Gasteiger partial charge on any atom is -0.394 e. The van der Waals surface area contributed by atoms with Crippen LogP contribution in [0.3, 0.4) is 0 Å². The fraction of sp³-hybridized carbons (Fsp3) is 0.571. The first-order valence-electron chi connectivity index (χ1n) is 7.06. The van der Waals surface area contributed by atoms with Crippen molar-refractivity contribution in [3.05, 3.63) is 28.3 Å². The standard InChI is InChI=1S/C14H21N3O3/c1-2-11(10-18)15-13-9-12(16-7-3-4-8-16)5-6-14(13)17(19)20/h5-6,9,11,15,18H,2-4,7-8,10H2,1H3/t11-/m1/s1. The first-order valence-corrected chi connectivity index (χ1v) is 7.06. The summed E-state index contributed by atoms with van der Waals surface area (Å²) in [6.07, 6.45) is 3.03. The van der Waals surface area contributed by atoms with E-state index in [1.807, 2.05) is 13.0 Å². The molecule has 0 spiro atoms. The summed E-state index contributed by atoms with van der Waals surface area (Å²) in [4.78, 5) is 12.9. The number of nitrogens with zero attached hydrogens (tertiary/aromatic N) is 2. The molecule has 1 saturated heterocycles. The van der Waals surface area contributed by atoms with Crippen molar-refractivity contribution in [3.63, 3.8) is 0 Å². The molecule has 1 aliphatic rings. The molecule has 2 N–H and O–H groups in total. The molecule has 20 heavy (non-hydrogen) atoms. The lowest BCUT2D eigenvalue weighted by atomic mass is 10.2. The Kier molecular flexibility index (Phi) is 4.79. The first kappa shape index (κ1) is 14.6. The highest BCUT2D eigenvalue weighted by Gasteiger charge is 2.20. The van der Waals surface area contributed by atoms with Gasteiger partial charge >= 0.3 is 0 Å². The lowest BCUT2D eigenvalue weighted by Gasteiger charge is -2.20. The molecule has 0 radical (unpaired) electrons. The van der Waals surface area contributed by atoms with E-state index in [0.717, 1.165) is 31.6 Å². The first-order chi connectivity index (χ1) is 9.65. The summed E-state index contributed by atoms with van der Waals surface area (Å²) in [5.74, 6) is 0. The molecule has 0 unspecified atom stereocenters. The quantitative estimate of drug-likeness (QED) is 0.617. The number of hydrogen-bond acceptors (Lipinski definition) is 5. The van der Waals surface area contributed by atoms with Crippen LogP contribution in [-0.2, 0) is 0 Å². The summed E-state index contributed by atoms with van der Waals surface area (Å²) in [5.41, 5.74) is 1.54. The topological polar surface area (TPSA) is 78.6 Å². The van der Waals surface area contributed by atoms with E-state index < -0.39 is 0 Å². The number of anilines is 2. The number of benzene rings is 1. The molecule has 6 heteroatoms. The van der Waals surface area contributed by atoms with E-state index in [2.05, 4.69) is 10.2 Å². The largest absolute Gasteiger partial charge is 0.394 e. The van der Waals surface area contributed by atoms with Crippen LogP contribution >= 0.6 is 0 Å². The van der Waals surface area contributed by atoms with E-state index in [4.69, 9.17) is 0 Å². The van der Waals surface area contributed by atoms with E-state index in [9.17, 15) is 15.2 Å². The van der Waals surface area contributed by atoms with Gasteiger partial charge in [-0.1, -0.05) is 6.92 Å². The van der Waals surface area contributed by atoms with Crippen LogP contribution in [0.5, 0.6) is 0 Å². The predicted octanol–water partition coefficient (Wildman–Crippen LogP) is 2.38. The second-order valence-electron chi connectivity index (χ2n) is 5.08. The second-order valence-corrected chi connectivity index (χ2v) is 5.08. The van der Waals surface area contributed by atoms with Crippen LogP contribution in [-0.4, -0.2) is 35.8 Å². The van der Waals surface area contributed by atoms with Crippen molar-refractivity contribution < 1.29 is 10.0 Å². The zero-order chi connectivity index (χ0) is 14.5. The molecule has 1 aliphatic heterocycles. The molecule has 0 amide bonds. The highest BCUT2D eigenvalue weighted by Crippen LogP contribution is 2.31. The van der Waals surface area contributed by atoms with Gasteiger partial charge in [-0.2, -0.15) is 0 Å². The van der Waals surface area contributed by atoms with Crippen LogP contribution in [0.2, 0.25) is 0 Å². The number of rotatable bonds is 6. The smallest absolute Gasteiger partial charge is 0.292 e. The van der Waals surface area contributed by atoms with Gasteiger partial charge in [0.15, 0.2) is 0 Å². The van der Waals surface area contributed by atoms with Crippen molar-refractivity contribution in [2.24, 2.45) is 0 Å². The minimum atomic E-state index is -0.389. The number of nitro benzene ring substituents is 1. The van der Waals surface area contributed by atoms with E-state index in [1.165, 1.54) is 0 Å². The Labute approximate surface area is 118 Å². The Morgan fingerprint density at radius 1 is 1.45 bits per heavy atom. The number of hydrogen-bond donors (Lipinski definition) is 2. The molecule has 2 rings (SSSR count). The monoisotopic (exact) mass is 279 g/mol. The number of nitrogens with one attached hydrogen (secondary N) is 1. The minimum absolute atomic E-state index is 0.0401. The van der Waals surface area contributed by atoms with Crippen molar-refractivity contribution in [3.8, 4) is 0 Å². The van der Waals surface area contributed by atoms with Crippen LogP contribution in [0.15, 0.2) is 18.2 Å². The highest BCUT2D eigenvalue weighted by atomic mass is 16.6. The molecular weight excluding hydrogens is 258 g/mol. The summed E-state index contributed by atoms with van der Waals surface area (Å²) in [7, 11) is 0. The van der Waals surface area contributed by atoms with Gasteiger partial charge < -0.3 is 15.3 Å². The van der Waals surface area contributed by atoms with E-state index in [-0.39, 0.29) is 23.3 Å². The fourth-order valence-corrected chi connectivity index (χ4v) is 2.47. The van der Waals surface area contributed by atoms with Crippen LogP contribution in [0.25, 0.3) is 0 Å². The van der Waals surface area contributed by atoms with Crippen LogP contribution in [0, 0.1) is 10.1 Å². The summed E-state index contributed by atoms with van der Waals surface area (Å²) in [6.45, 7) is 3.88. The van der Waals surface area contributed by atoms with E-state index in [1.54, 1.807) is 12.1 Å². The normalized spacial score (nSPS) is 16.2. The predicted molar refractivity (Wildman–Crippen MR) is 79.3 cm³/mol. The van der Waals surface area contributed by atoms with Crippen molar-refractivity contribution in [1.29, 1.82) is 0 Å². The van der Waals surface area contributed by atoms with Crippen LogP contribution < -0.4 is 10.2 Å². The van der Waals surface area contributed by atoms with Gasteiger partial charge in [0.05, 0.1) is 11.5 Å². The molecular formula is C14H21N3O3. The van der Waals surface area contributed by atoms with Crippen LogP contribution in [0.4, 0.5) is 17.1 Å². The van der Waals surface area contributed by atoms with Gasteiger partial charge in [-0.05, 0) is 31.4 Å². The Hall–Kier alpha value is -1.82. The Morgan fingerprint density at radius 2 is 2.15 bits per heavy atom. The zero-order valence-corrected chi connectivity index (χ0v) is 11.7. The molecule has 0 aromatic heterocycles. The van der Waals surface area contributed by atoms with Crippen molar-refractivity contribution >= 4 is 17.1 Å². The van der Waals surface area contributed by atoms with Gasteiger partial charge in [0.25, 0.3) is 5.69 Å². The average molecular weight is 279 g/mol. The maximum absolute atomic E-state index is 11.1. The van der Waals surface area contributed by atoms with E-state index >= 15 is 0 Å². The molecule has 6 nitrogen and oxygen atoms in total.